The normalized spacial score (nSPS) is 12.6. The molecule has 2 atom stereocenters. The number of carbonyl (C=O) groups excluding carboxylic acids is 2. The number of rotatable bonds is 8. The molecule has 0 aliphatic rings. The van der Waals surface area contributed by atoms with Crippen molar-refractivity contribution in [3.8, 4) is 0 Å². The molecule has 0 saturated heterocycles. The largest absolute Gasteiger partial charge is 0.322 e. The summed E-state index contributed by atoms with van der Waals surface area (Å²) in [6.45, 7) is 8.66. The Labute approximate surface area is 190 Å². The van der Waals surface area contributed by atoms with Crippen molar-refractivity contribution >= 4 is 23.2 Å². The van der Waals surface area contributed by atoms with Crippen LogP contribution >= 0.6 is 0 Å². The molecule has 0 spiro atoms. The van der Waals surface area contributed by atoms with Crippen molar-refractivity contribution in [1.82, 2.24) is 4.98 Å². The summed E-state index contributed by atoms with van der Waals surface area (Å²) < 4.78 is 0. The highest BCUT2D eigenvalue weighted by molar-refractivity contribution is 6.06. The van der Waals surface area contributed by atoms with Crippen LogP contribution in [0.4, 0.5) is 11.4 Å². The molecule has 0 bridgehead atoms. The third-order valence-corrected chi connectivity index (χ3v) is 5.96. The van der Waals surface area contributed by atoms with Gasteiger partial charge in [0.15, 0.2) is 0 Å². The van der Waals surface area contributed by atoms with E-state index in [2.05, 4.69) is 43.3 Å². The van der Waals surface area contributed by atoms with Gasteiger partial charge in [0, 0.05) is 17.6 Å². The molecule has 2 aromatic carbocycles. The van der Waals surface area contributed by atoms with Crippen LogP contribution in [0.5, 0.6) is 0 Å². The van der Waals surface area contributed by atoms with Crippen molar-refractivity contribution in [3.05, 3.63) is 89.2 Å². The second kappa shape index (κ2) is 10.7. The lowest BCUT2D eigenvalue weighted by Crippen LogP contribution is -2.16. The van der Waals surface area contributed by atoms with E-state index in [1.54, 1.807) is 12.1 Å². The smallest absolute Gasteiger partial charge is 0.274 e. The maximum atomic E-state index is 12.5. The molecule has 5 nitrogen and oxygen atoms in total. The van der Waals surface area contributed by atoms with Crippen molar-refractivity contribution in [2.45, 2.75) is 52.4 Å². The first-order valence-corrected chi connectivity index (χ1v) is 11.2. The van der Waals surface area contributed by atoms with E-state index in [4.69, 9.17) is 0 Å². The molecule has 0 aliphatic carbocycles. The van der Waals surface area contributed by atoms with Crippen LogP contribution in [0, 0.1) is 0 Å². The fourth-order valence-corrected chi connectivity index (χ4v) is 3.32. The molecule has 5 heteroatoms. The Morgan fingerprint density at radius 2 is 1.19 bits per heavy atom. The topological polar surface area (TPSA) is 71.1 Å². The highest BCUT2D eigenvalue weighted by Crippen LogP contribution is 2.22. The summed E-state index contributed by atoms with van der Waals surface area (Å²) in [5, 5.41) is 5.72. The first-order chi connectivity index (χ1) is 15.4. The van der Waals surface area contributed by atoms with Gasteiger partial charge in [-0.05, 0) is 72.2 Å². The number of carbonyl (C=O) groups is 2. The van der Waals surface area contributed by atoms with Gasteiger partial charge < -0.3 is 10.6 Å². The summed E-state index contributed by atoms with van der Waals surface area (Å²) >= 11 is 0. The number of hydrogen-bond acceptors (Lipinski definition) is 3. The van der Waals surface area contributed by atoms with Crippen molar-refractivity contribution in [2.24, 2.45) is 0 Å². The van der Waals surface area contributed by atoms with Gasteiger partial charge in [0.2, 0.25) is 0 Å². The summed E-state index contributed by atoms with van der Waals surface area (Å²) in [7, 11) is 0. The molecule has 2 N–H and O–H groups in total. The van der Waals surface area contributed by atoms with Crippen LogP contribution in [-0.4, -0.2) is 16.8 Å². The number of nitrogens with zero attached hydrogens (tertiary/aromatic N) is 1. The summed E-state index contributed by atoms with van der Waals surface area (Å²) in [6, 6.07) is 18.9. The molecule has 0 fully saturated rings. The van der Waals surface area contributed by atoms with Gasteiger partial charge in [-0.1, -0.05) is 52.0 Å². The Morgan fingerprint density at radius 3 is 1.59 bits per heavy atom. The number of anilines is 2. The average molecular weight is 430 g/mol. The van der Waals surface area contributed by atoms with Crippen molar-refractivity contribution < 1.29 is 9.59 Å². The average Bonchev–Trinajstić information content (AvgIpc) is 2.84. The van der Waals surface area contributed by atoms with E-state index in [0.717, 1.165) is 18.5 Å². The minimum atomic E-state index is -0.311. The van der Waals surface area contributed by atoms with E-state index < -0.39 is 0 Å². The van der Waals surface area contributed by atoms with E-state index in [1.807, 2.05) is 48.5 Å². The summed E-state index contributed by atoms with van der Waals surface area (Å²) in [4.78, 5) is 29.2. The molecule has 0 unspecified atom stereocenters. The van der Waals surface area contributed by atoms with Crippen LogP contribution in [0.2, 0.25) is 0 Å². The fourth-order valence-electron chi connectivity index (χ4n) is 3.32. The van der Waals surface area contributed by atoms with Gasteiger partial charge in [0.25, 0.3) is 11.8 Å². The molecule has 166 valence electrons. The number of nitrogens with one attached hydrogen (secondary N) is 2. The maximum absolute atomic E-state index is 12.5. The number of benzene rings is 2. The highest BCUT2D eigenvalue weighted by Gasteiger charge is 2.12. The van der Waals surface area contributed by atoms with Gasteiger partial charge in [0.1, 0.15) is 5.69 Å². The van der Waals surface area contributed by atoms with Crippen LogP contribution in [0.1, 0.15) is 84.3 Å². The Hall–Kier alpha value is -3.47. The molecule has 0 aliphatic heterocycles. The standard InChI is InChI=1S/C27H31N3O2/c1-5-18(3)20-7-12-23(13-8-20)29-26(31)22-11-16-25(28-17-22)27(32)30-24-14-9-21(10-15-24)19(4)6-2/h7-19H,5-6H2,1-4H3,(H,29,31)(H,30,32)/t18-,19+/m1/s1. The number of amides is 2. The van der Waals surface area contributed by atoms with E-state index in [0.29, 0.717) is 23.1 Å². The lowest BCUT2D eigenvalue weighted by atomic mass is 9.98. The Morgan fingerprint density at radius 1 is 0.719 bits per heavy atom. The van der Waals surface area contributed by atoms with Crippen LogP contribution < -0.4 is 10.6 Å². The monoisotopic (exact) mass is 429 g/mol. The van der Waals surface area contributed by atoms with Gasteiger partial charge in [-0.2, -0.15) is 0 Å². The molecule has 3 aromatic rings. The Balaban J connectivity index is 1.60. The highest BCUT2D eigenvalue weighted by atomic mass is 16.2. The second-order valence-corrected chi connectivity index (χ2v) is 8.20. The van der Waals surface area contributed by atoms with E-state index in [9.17, 15) is 9.59 Å². The van der Waals surface area contributed by atoms with Crippen molar-refractivity contribution in [3.63, 3.8) is 0 Å². The number of hydrogen-bond donors (Lipinski definition) is 2. The van der Waals surface area contributed by atoms with Gasteiger partial charge in [0.05, 0.1) is 5.56 Å². The van der Waals surface area contributed by atoms with Gasteiger partial charge in [-0.25, -0.2) is 0 Å². The van der Waals surface area contributed by atoms with Crippen LogP contribution in [0.25, 0.3) is 0 Å². The van der Waals surface area contributed by atoms with E-state index >= 15 is 0 Å². The maximum Gasteiger partial charge on any atom is 0.274 e. The lowest BCUT2D eigenvalue weighted by Gasteiger charge is -2.11. The fraction of sp³-hybridized carbons (Fsp3) is 0.296. The van der Waals surface area contributed by atoms with Crippen LogP contribution in [0.3, 0.4) is 0 Å². The lowest BCUT2D eigenvalue weighted by molar-refractivity contribution is 0.101. The molecule has 0 radical (unpaired) electrons. The molecular formula is C27H31N3O2. The predicted octanol–water partition coefficient (Wildman–Crippen LogP) is 6.61. The third kappa shape index (κ3) is 5.82. The predicted molar refractivity (Wildman–Crippen MR) is 130 cm³/mol. The molecule has 1 aromatic heterocycles. The van der Waals surface area contributed by atoms with Gasteiger partial charge >= 0.3 is 0 Å². The minimum Gasteiger partial charge on any atom is -0.322 e. The quantitative estimate of drug-likeness (QED) is 0.423. The number of aromatic nitrogens is 1. The van der Waals surface area contributed by atoms with Gasteiger partial charge in [-0.3, -0.25) is 14.6 Å². The van der Waals surface area contributed by atoms with Crippen molar-refractivity contribution in [2.75, 3.05) is 10.6 Å². The van der Waals surface area contributed by atoms with Crippen molar-refractivity contribution in [1.29, 1.82) is 0 Å². The summed E-state index contributed by atoms with van der Waals surface area (Å²) in [5.41, 5.74) is 4.58. The Bertz CT molecular complexity index is 955. The molecule has 1 heterocycles. The van der Waals surface area contributed by atoms with Crippen LogP contribution in [0.15, 0.2) is 66.9 Å². The first kappa shape index (κ1) is 23.2. The molecular weight excluding hydrogens is 398 g/mol. The molecule has 3 rings (SSSR count). The SMILES string of the molecule is CC[C@@H](C)c1ccc(NC(=O)c2ccc(C(=O)Nc3ccc([C@@H](C)CC)cc3)nc2)cc1. The number of pyridine rings is 1. The first-order valence-electron chi connectivity index (χ1n) is 11.2. The summed E-state index contributed by atoms with van der Waals surface area (Å²) in [6.07, 6.45) is 3.56. The van der Waals surface area contributed by atoms with Gasteiger partial charge in [-0.15, -0.1) is 0 Å². The van der Waals surface area contributed by atoms with E-state index in [-0.39, 0.29) is 17.5 Å². The third-order valence-electron chi connectivity index (χ3n) is 5.96. The minimum absolute atomic E-state index is 0.255. The second-order valence-electron chi connectivity index (χ2n) is 8.20. The zero-order valence-electron chi connectivity index (χ0n) is 19.2. The zero-order valence-corrected chi connectivity index (χ0v) is 19.2. The Kier molecular flexibility index (Phi) is 7.77. The molecule has 2 amide bonds. The molecule has 0 saturated carbocycles. The van der Waals surface area contributed by atoms with E-state index in [1.165, 1.54) is 17.3 Å². The summed E-state index contributed by atoms with van der Waals surface area (Å²) in [5.74, 6) is 0.397. The van der Waals surface area contributed by atoms with Crippen LogP contribution in [-0.2, 0) is 0 Å². The zero-order chi connectivity index (χ0) is 23.1. The molecule has 32 heavy (non-hydrogen) atoms.